The molecular formula is C35H38O2. The molecule has 6 rings (SSSR count). The van der Waals surface area contributed by atoms with Crippen molar-refractivity contribution in [3.63, 3.8) is 0 Å². The average molecular weight is 491 g/mol. The van der Waals surface area contributed by atoms with Crippen LogP contribution in [0.5, 0.6) is 0 Å². The Hall–Kier alpha value is -3.26. The summed E-state index contributed by atoms with van der Waals surface area (Å²) in [4.78, 5) is 0. The molecule has 2 nitrogen and oxygen atoms in total. The molecule has 0 radical (unpaired) electrons. The van der Waals surface area contributed by atoms with Crippen molar-refractivity contribution in [2.24, 2.45) is 0 Å². The summed E-state index contributed by atoms with van der Waals surface area (Å²) in [5.74, 6) is 1.12. The Morgan fingerprint density at radius 1 is 0.486 bits per heavy atom. The van der Waals surface area contributed by atoms with Gasteiger partial charge in [-0.05, 0) is 75.1 Å². The zero-order valence-electron chi connectivity index (χ0n) is 22.2. The summed E-state index contributed by atoms with van der Waals surface area (Å²) in [6.45, 7) is 2.29. The maximum Gasteiger partial charge on any atom is 0.134 e. The van der Waals surface area contributed by atoms with Crippen LogP contribution in [0.2, 0.25) is 0 Å². The molecule has 2 heterocycles. The number of hydrogen-bond donors (Lipinski definition) is 0. The van der Waals surface area contributed by atoms with Gasteiger partial charge in [0.15, 0.2) is 0 Å². The molecular weight excluding hydrogens is 452 g/mol. The first kappa shape index (κ1) is 24.1. The molecule has 0 N–H and O–H groups in total. The van der Waals surface area contributed by atoms with E-state index < -0.39 is 0 Å². The molecule has 0 spiro atoms. The van der Waals surface area contributed by atoms with Crippen LogP contribution in [0.15, 0.2) is 75.8 Å². The maximum atomic E-state index is 6.28. The molecule has 0 bridgehead atoms. The topological polar surface area (TPSA) is 26.3 Å². The molecule has 0 atom stereocenters. The van der Waals surface area contributed by atoms with E-state index in [4.69, 9.17) is 8.83 Å². The highest BCUT2D eigenvalue weighted by molar-refractivity contribution is 6.20. The molecule has 2 heteroatoms. The van der Waals surface area contributed by atoms with E-state index in [-0.39, 0.29) is 0 Å². The van der Waals surface area contributed by atoms with Gasteiger partial charge in [0, 0.05) is 17.2 Å². The number of furan rings is 2. The zero-order chi connectivity index (χ0) is 25.0. The number of unbranched alkanes of at least 4 members (excludes halogenated alkanes) is 10. The van der Waals surface area contributed by atoms with Crippen LogP contribution in [0.3, 0.4) is 0 Å². The average Bonchev–Trinajstić information content (AvgIpc) is 3.54. The summed E-state index contributed by atoms with van der Waals surface area (Å²) in [6.07, 6.45) is 17.9. The van der Waals surface area contributed by atoms with Gasteiger partial charge >= 0.3 is 0 Å². The van der Waals surface area contributed by atoms with Gasteiger partial charge in [-0.2, -0.15) is 0 Å². The summed E-state index contributed by atoms with van der Waals surface area (Å²) >= 11 is 0. The number of aryl methyl sites for hydroxylation is 1. The molecule has 0 aliphatic heterocycles. The van der Waals surface area contributed by atoms with E-state index >= 15 is 0 Å². The van der Waals surface area contributed by atoms with Crippen molar-refractivity contribution in [1.29, 1.82) is 0 Å². The van der Waals surface area contributed by atoms with Crippen LogP contribution in [-0.2, 0) is 6.42 Å². The Morgan fingerprint density at radius 2 is 1.08 bits per heavy atom. The molecule has 0 amide bonds. The Kier molecular flexibility index (Phi) is 7.17. The summed E-state index contributed by atoms with van der Waals surface area (Å²) in [5, 5.41) is 9.96. The van der Waals surface area contributed by atoms with E-state index in [9.17, 15) is 0 Å². The third-order valence-corrected chi connectivity index (χ3v) is 8.12. The van der Waals surface area contributed by atoms with Crippen molar-refractivity contribution in [2.75, 3.05) is 0 Å². The third-order valence-electron chi connectivity index (χ3n) is 8.12. The molecule has 0 saturated heterocycles. The Labute approximate surface area is 219 Å². The molecule has 4 aromatic carbocycles. The highest BCUT2D eigenvalue weighted by Gasteiger charge is 2.11. The van der Waals surface area contributed by atoms with E-state index in [2.05, 4.69) is 61.5 Å². The SMILES string of the molecule is CCCCCCCCCCCCCc1cc2cc3c(ccc4c5cc6ccoc6cc5ccc34)cc2o1. The minimum atomic E-state index is 0.943. The van der Waals surface area contributed by atoms with E-state index in [1.165, 1.54) is 108 Å². The molecule has 0 saturated carbocycles. The van der Waals surface area contributed by atoms with Crippen molar-refractivity contribution < 1.29 is 8.83 Å². The van der Waals surface area contributed by atoms with Crippen molar-refractivity contribution in [3.8, 4) is 0 Å². The molecule has 0 aliphatic carbocycles. The van der Waals surface area contributed by atoms with Crippen LogP contribution in [0, 0.1) is 0 Å². The van der Waals surface area contributed by atoms with E-state index in [1.807, 2.05) is 6.07 Å². The van der Waals surface area contributed by atoms with Gasteiger partial charge in [0.1, 0.15) is 16.9 Å². The fourth-order valence-electron chi connectivity index (χ4n) is 6.01. The highest BCUT2D eigenvalue weighted by Crippen LogP contribution is 2.36. The Morgan fingerprint density at radius 3 is 1.76 bits per heavy atom. The lowest BCUT2D eigenvalue weighted by Crippen LogP contribution is -1.84. The quantitative estimate of drug-likeness (QED) is 0.126. The fraction of sp³-hybridized carbons (Fsp3) is 0.371. The van der Waals surface area contributed by atoms with Crippen LogP contribution in [0.25, 0.3) is 54.3 Å². The largest absolute Gasteiger partial charge is 0.464 e. The highest BCUT2D eigenvalue weighted by atomic mass is 16.3. The standard InChI is InChI=1S/C35H38O2/c1-2-3-4-5-6-7-8-9-10-11-12-13-29-20-28-22-33-26(24-35(28)37-29)15-17-30-31(33)16-14-25-23-34-27(18-19-36-34)21-32(25)30/h14-24H,2-13H2,1H3. The van der Waals surface area contributed by atoms with Crippen molar-refractivity contribution >= 4 is 54.3 Å². The lowest BCUT2D eigenvalue weighted by molar-refractivity contribution is 0.515. The number of hydrogen-bond acceptors (Lipinski definition) is 2. The van der Waals surface area contributed by atoms with Gasteiger partial charge in [-0.15, -0.1) is 0 Å². The van der Waals surface area contributed by atoms with Gasteiger partial charge in [-0.3, -0.25) is 0 Å². The number of rotatable bonds is 12. The normalized spacial score (nSPS) is 12.1. The van der Waals surface area contributed by atoms with Crippen LogP contribution < -0.4 is 0 Å². The van der Waals surface area contributed by atoms with Gasteiger partial charge in [0.05, 0.1) is 6.26 Å². The lowest BCUT2D eigenvalue weighted by atomic mass is 9.96. The first-order valence-corrected chi connectivity index (χ1v) is 14.5. The van der Waals surface area contributed by atoms with Crippen LogP contribution in [-0.4, -0.2) is 0 Å². The van der Waals surface area contributed by atoms with Crippen LogP contribution >= 0.6 is 0 Å². The number of fused-ring (bicyclic) bond motifs is 7. The lowest BCUT2D eigenvalue weighted by Gasteiger charge is -2.08. The molecule has 190 valence electrons. The second-order valence-corrected chi connectivity index (χ2v) is 10.9. The van der Waals surface area contributed by atoms with Gasteiger partial charge < -0.3 is 8.83 Å². The molecule has 6 aromatic rings. The van der Waals surface area contributed by atoms with Gasteiger partial charge in [-0.1, -0.05) is 95.4 Å². The molecule has 0 unspecified atom stereocenters. The van der Waals surface area contributed by atoms with Crippen molar-refractivity contribution in [1.82, 2.24) is 0 Å². The molecule has 2 aromatic heterocycles. The second kappa shape index (κ2) is 11.0. The predicted octanol–water partition coefficient (Wildman–Crippen LogP) is 11.5. The van der Waals surface area contributed by atoms with E-state index in [1.54, 1.807) is 6.26 Å². The zero-order valence-corrected chi connectivity index (χ0v) is 22.2. The minimum absolute atomic E-state index is 0.943. The molecule has 0 fully saturated rings. The second-order valence-electron chi connectivity index (χ2n) is 10.9. The maximum absolute atomic E-state index is 6.28. The summed E-state index contributed by atoms with van der Waals surface area (Å²) in [5.41, 5.74) is 1.95. The summed E-state index contributed by atoms with van der Waals surface area (Å²) < 4.78 is 11.9. The van der Waals surface area contributed by atoms with Gasteiger partial charge in [-0.25, -0.2) is 0 Å². The first-order chi connectivity index (χ1) is 18.3. The third kappa shape index (κ3) is 5.12. The molecule has 37 heavy (non-hydrogen) atoms. The van der Waals surface area contributed by atoms with Crippen molar-refractivity contribution in [2.45, 2.75) is 84.0 Å². The Bertz CT molecular complexity index is 1650. The van der Waals surface area contributed by atoms with Gasteiger partial charge in [0.25, 0.3) is 0 Å². The summed E-state index contributed by atoms with van der Waals surface area (Å²) in [7, 11) is 0. The van der Waals surface area contributed by atoms with E-state index in [0.29, 0.717) is 0 Å². The fourth-order valence-corrected chi connectivity index (χ4v) is 6.01. The molecule has 0 aliphatic rings. The minimum Gasteiger partial charge on any atom is -0.464 e. The van der Waals surface area contributed by atoms with Gasteiger partial charge in [0.2, 0.25) is 0 Å². The first-order valence-electron chi connectivity index (χ1n) is 14.5. The Balaban J connectivity index is 1.13. The van der Waals surface area contributed by atoms with Crippen LogP contribution in [0.1, 0.15) is 83.3 Å². The smallest absolute Gasteiger partial charge is 0.134 e. The summed E-state index contributed by atoms with van der Waals surface area (Å²) in [6, 6.07) is 22.2. The predicted molar refractivity (Wildman–Crippen MR) is 159 cm³/mol. The monoisotopic (exact) mass is 490 g/mol. The number of benzene rings is 4. The van der Waals surface area contributed by atoms with Crippen molar-refractivity contribution in [3.05, 3.63) is 72.7 Å². The van der Waals surface area contributed by atoms with Crippen LogP contribution in [0.4, 0.5) is 0 Å². The van der Waals surface area contributed by atoms with E-state index in [0.717, 1.165) is 28.7 Å².